The van der Waals surface area contributed by atoms with Gasteiger partial charge in [-0.15, -0.1) is 0 Å². The quantitative estimate of drug-likeness (QED) is 0.188. The maximum atomic E-state index is 14.3. The predicted octanol–water partition coefficient (Wildman–Crippen LogP) is 8.33. The number of halogens is 7. The Balaban J connectivity index is 1.77. The van der Waals surface area contributed by atoms with Crippen molar-refractivity contribution in [2.75, 3.05) is 13.7 Å². The van der Waals surface area contributed by atoms with Crippen molar-refractivity contribution in [1.82, 2.24) is 4.90 Å². The topological polar surface area (TPSA) is 81.9 Å². The van der Waals surface area contributed by atoms with Crippen molar-refractivity contribution < 1.29 is 49.9 Å². The van der Waals surface area contributed by atoms with Gasteiger partial charge in [0.05, 0.1) is 29.2 Å². The molecule has 4 rings (SSSR count). The minimum atomic E-state index is -5.08. The first kappa shape index (κ1) is 31.1. The summed E-state index contributed by atoms with van der Waals surface area (Å²) < 4.78 is 106. The third-order valence-electron chi connectivity index (χ3n) is 7.65. The van der Waals surface area contributed by atoms with E-state index in [4.69, 9.17) is 9.47 Å². The van der Waals surface area contributed by atoms with Gasteiger partial charge in [0, 0.05) is 24.2 Å². The van der Waals surface area contributed by atoms with E-state index in [1.54, 1.807) is 0 Å². The molecule has 0 aromatic heterocycles. The Morgan fingerprint density at radius 3 is 2.19 bits per heavy atom. The van der Waals surface area contributed by atoms with Crippen LogP contribution in [0.25, 0.3) is 5.57 Å². The van der Waals surface area contributed by atoms with E-state index in [-0.39, 0.29) is 29.3 Å². The van der Waals surface area contributed by atoms with Gasteiger partial charge in [-0.1, -0.05) is 13.8 Å². The molecule has 0 saturated carbocycles. The van der Waals surface area contributed by atoms with E-state index >= 15 is 0 Å². The molecule has 1 saturated heterocycles. The van der Waals surface area contributed by atoms with Gasteiger partial charge in [-0.05, 0) is 66.5 Å². The molecule has 228 valence electrons. The maximum absolute atomic E-state index is 14.3. The van der Waals surface area contributed by atoms with E-state index < -0.39 is 63.7 Å². The Bertz CT molecular complexity index is 1420. The number of benzene rings is 2. The van der Waals surface area contributed by atoms with Gasteiger partial charge in [-0.3, -0.25) is 15.0 Å². The fourth-order valence-electron chi connectivity index (χ4n) is 5.49. The molecule has 1 amide bonds. The van der Waals surface area contributed by atoms with Crippen LogP contribution in [0.5, 0.6) is 5.75 Å². The first-order chi connectivity index (χ1) is 19.3. The molecule has 2 unspecified atom stereocenters. The second-order valence-electron chi connectivity index (χ2n) is 11.2. The zero-order valence-electron chi connectivity index (χ0n) is 23.0. The van der Waals surface area contributed by atoms with Crippen LogP contribution < -0.4 is 4.74 Å². The lowest BCUT2D eigenvalue weighted by molar-refractivity contribution is -0.387. The second kappa shape index (κ2) is 10.8. The Morgan fingerprint density at radius 2 is 1.67 bits per heavy atom. The number of hydrogen-bond acceptors (Lipinski definition) is 5. The monoisotopic (exact) mass is 604 g/mol. The highest BCUT2D eigenvalue weighted by atomic mass is 19.4. The number of carbonyl (C=O) groups is 1. The van der Waals surface area contributed by atoms with Gasteiger partial charge in [-0.25, -0.2) is 4.79 Å². The number of hydrogen-bond donors (Lipinski definition) is 0. The molecule has 0 bridgehead atoms. The predicted molar refractivity (Wildman–Crippen MR) is 136 cm³/mol. The molecule has 42 heavy (non-hydrogen) atoms. The summed E-state index contributed by atoms with van der Waals surface area (Å²) in [7, 11) is 1.27. The lowest BCUT2D eigenvalue weighted by Gasteiger charge is -2.35. The molecule has 1 heterocycles. The van der Waals surface area contributed by atoms with Crippen LogP contribution in [-0.2, 0) is 17.1 Å². The number of allylic oxidation sites excluding steroid dienone is 1. The summed E-state index contributed by atoms with van der Waals surface area (Å²) in [5, 5.41) is 11.4. The molecular weight excluding hydrogens is 577 g/mol. The number of methoxy groups -OCH3 is 1. The highest BCUT2D eigenvalue weighted by Gasteiger charge is 2.44. The zero-order valence-corrected chi connectivity index (χ0v) is 23.0. The largest absolute Gasteiger partial charge is 0.496 e. The third-order valence-corrected chi connectivity index (χ3v) is 7.65. The van der Waals surface area contributed by atoms with Crippen molar-refractivity contribution in [3.05, 3.63) is 74.1 Å². The van der Waals surface area contributed by atoms with Crippen LogP contribution in [0.2, 0.25) is 0 Å². The number of carbonyl (C=O) groups excluding carboxylic acids is 1. The number of amides is 1. The van der Waals surface area contributed by atoms with Gasteiger partial charge >= 0.3 is 24.1 Å². The molecule has 14 heteroatoms. The molecule has 2 aromatic carbocycles. The number of ether oxygens (including phenoxy) is 2. The number of cyclic esters (lactones) is 1. The lowest BCUT2D eigenvalue weighted by Crippen LogP contribution is -2.35. The van der Waals surface area contributed by atoms with Crippen molar-refractivity contribution in [1.29, 1.82) is 0 Å². The van der Waals surface area contributed by atoms with Gasteiger partial charge in [0.2, 0.25) is 5.82 Å². The summed E-state index contributed by atoms with van der Waals surface area (Å²) in [6.07, 6.45) is -11.1. The molecule has 2 aromatic rings. The standard InChI is InChI=1S/C28H27F7N2O5/c1-14-24(15-7-17(27(30,31)32)9-18(8-15)28(33,34)35)42-25(38)36(14)13-16-12-26(2,3)6-5-19(16)20-10-22(37(39)40)21(29)11-23(20)41-4/h7-11,14,24H,5-6,12-13H2,1-4H3. The van der Waals surface area contributed by atoms with Crippen LogP contribution in [-0.4, -0.2) is 35.6 Å². The SMILES string of the molecule is COc1cc(F)c([N+](=O)[O-])cc1C1=C(CN2C(=O)OC(c3cc(C(F)(F)F)cc(C(F)(F)F)c3)C2C)CC(C)(C)CC1. The minimum absolute atomic E-state index is 0.000817. The summed E-state index contributed by atoms with van der Waals surface area (Å²) >= 11 is 0. The second-order valence-corrected chi connectivity index (χ2v) is 11.2. The zero-order chi connectivity index (χ0) is 31.4. The third kappa shape index (κ3) is 6.16. The van der Waals surface area contributed by atoms with E-state index in [9.17, 15) is 45.6 Å². The van der Waals surface area contributed by atoms with Gasteiger partial charge in [0.25, 0.3) is 0 Å². The summed E-state index contributed by atoms with van der Waals surface area (Å²) in [5.41, 5.74) is -3.15. The van der Waals surface area contributed by atoms with Crippen molar-refractivity contribution >= 4 is 17.4 Å². The average Bonchev–Trinajstić information content (AvgIpc) is 3.15. The molecule has 2 aliphatic rings. The Kier molecular flexibility index (Phi) is 7.98. The highest BCUT2D eigenvalue weighted by molar-refractivity contribution is 5.78. The number of nitrogens with zero attached hydrogens (tertiary/aromatic N) is 2. The molecule has 0 radical (unpaired) electrons. The average molecular weight is 605 g/mol. The minimum Gasteiger partial charge on any atom is -0.496 e. The molecular formula is C28H27F7N2O5. The highest BCUT2D eigenvalue weighted by Crippen LogP contribution is 2.47. The van der Waals surface area contributed by atoms with Gasteiger partial charge in [0.15, 0.2) is 0 Å². The van der Waals surface area contributed by atoms with E-state index in [1.807, 2.05) is 13.8 Å². The molecule has 1 fully saturated rings. The molecule has 0 N–H and O–H groups in total. The smallest absolute Gasteiger partial charge is 0.416 e. The maximum Gasteiger partial charge on any atom is 0.416 e. The molecule has 2 atom stereocenters. The summed E-state index contributed by atoms with van der Waals surface area (Å²) in [6.45, 7) is 5.24. The first-order valence-electron chi connectivity index (χ1n) is 12.8. The Labute approximate surface area is 236 Å². The van der Waals surface area contributed by atoms with Crippen molar-refractivity contribution in [3.63, 3.8) is 0 Å². The van der Waals surface area contributed by atoms with Crippen LogP contribution in [0.4, 0.5) is 41.2 Å². The number of rotatable bonds is 6. The van der Waals surface area contributed by atoms with Crippen molar-refractivity contribution in [2.24, 2.45) is 5.41 Å². The first-order valence-corrected chi connectivity index (χ1v) is 12.8. The number of nitro groups is 1. The summed E-state index contributed by atoms with van der Waals surface area (Å²) in [4.78, 5) is 24.8. The van der Waals surface area contributed by atoms with Crippen LogP contribution >= 0.6 is 0 Å². The van der Waals surface area contributed by atoms with Crippen molar-refractivity contribution in [3.8, 4) is 5.75 Å². The van der Waals surface area contributed by atoms with Gasteiger partial charge in [-0.2, -0.15) is 30.7 Å². The molecule has 1 aliphatic heterocycles. The summed E-state index contributed by atoms with van der Waals surface area (Å²) in [6, 6.07) is 2.03. The van der Waals surface area contributed by atoms with E-state index in [1.165, 1.54) is 18.9 Å². The van der Waals surface area contributed by atoms with Crippen LogP contribution in [0, 0.1) is 21.3 Å². The normalized spacial score (nSPS) is 21.0. The van der Waals surface area contributed by atoms with Crippen molar-refractivity contribution in [2.45, 2.75) is 64.5 Å². The van der Waals surface area contributed by atoms with E-state index in [0.29, 0.717) is 42.5 Å². The number of alkyl halides is 6. The Hall–Kier alpha value is -3.84. The molecule has 0 spiro atoms. The summed E-state index contributed by atoms with van der Waals surface area (Å²) in [5.74, 6) is -1.07. The molecule has 1 aliphatic carbocycles. The fraction of sp³-hybridized carbons (Fsp3) is 0.464. The fourth-order valence-corrected chi connectivity index (χ4v) is 5.49. The lowest BCUT2D eigenvalue weighted by atomic mass is 9.72. The van der Waals surface area contributed by atoms with Crippen LogP contribution in [0.15, 0.2) is 35.9 Å². The van der Waals surface area contributed by atoms with E-state index in [0.717, 1.165) is 12.1 Å². The van der Waals surface area contributed by atoms with Gasteiger partial charge < -0.3 is 9.47 Å². The van der Waals surface area contributed by atoms with Gasteiger partial charge in [0.1, 0.15) is 11.9 Å². The van der Waals surface area contributed by atoms with Crippen LogP contribution in [0.3, 0.4) is 0 Å². The molecule has 7 nitrogen and oxygen atoms in total. The van der Waals surface area contributed by atoms with Crippen LogP contribution in [0.1, 0.15) is 68.4 Å². The van der Waals surface area contributed by atoms with E-state index in [2.05, 4.69) is 0 Å². The Morgan fingerprint density at radius 1 is 1.07 bits per heavy atom. The number of nitro benzene ring substituents is 1.